The molecule has 1 aromatic rings. The van der Waals surface area contributed by atoms with E-state index in [4.69, 9.17) is 15.0 Å². The van der Waals surface area contributed by atoms with Crippen LogP contribution in [0.1, 0.15) is 37.8 Å². The summed E-state index contributed by atoms with van der Waals surface area (Å²) in [4.78, 5) is 8.56. The summed E-state index contributed by atoms with van der Waals surface area (Å²) in [5.74, 6) is 0.658. The van der Waals surface area contributed by atoms with Crippen LogP contribution >= 0.6 is 0 Å². The predicted molar refractivity (Wildman–Crippen MR) is 60.6 cm³/mol. The Morgan fingerprint density at radius 1 is 1.27 bits per heavy atom. The lowest BCUT2D eigenvalue weighted by Gasteiger charge is -2.09. The Bertz CT molecular complexity index is 301. The average molecular weight is 210 g/mol. The van der Waals surface area contributed by atoms with Crippen LogP contribution in [0.2, 0.25) is 0 Å². The monoisotopic (exact) mass is 210 g/mol. The van der Waals surface area contributed by atoms with Crippen molar-refractivity contribution in [3.63, 3.8) is 0 Å². The largest absolute Gasteiger partial charge is 0.503 e. The summed E-state index contributed by atoms with van der Waals surface area (Å²) in [6.45, 7) is 6.70. The van der Waals surface area contributed by atoms with E-state index in [0.29, 0.717) is 5.92 Å². The zero-order valence-corrected chi connectivity index (χ0v) is 9.40. The van der Waals surface area contributed by atoms with Crippen molar-refractivity contribution in [2.75, 3.05) is 0 Å². The molecule has 0 unspecified atom stereocenters. The van der Waals surface area contributed by atoms with Gasteiger partial charge in [0.15, 0.2) is 0 Å². The van der Waals surface area contributed by atoms with E-state index < -0.39 is 6.16 Å². The minimum absolute atomic E-state index is 0.658. The van der Waals surface area contributed by atoms with Gasteiger partial charge in [-0.1, -0.05) is 45.0 Å². The zero-order valence-electron chi connectivity index (χ0n) is 9.40. The number of hydrogen-bond donors (Lipinski definition) is 2. The summed E-state index contributed by atoms with van der Waals surface area (Å²) >= 11 is 0. The molecule has 1 aromatic carbocycles. The van der Waals surface area contributed by atoms with Crippen LogP contribution in [0.4, 0.5) is 4.79 Å². The van der Waals surface area contributed by atoms with E-state index in [1.54, 1.807) is 0 Å². The normalized spacial score (nSPS) is 9.33. The van der Waals surface area contributed by atoms with Gasteiger partial charge in [0.1, 0.15) is 0 Å². The van der Waals surface area contributed by atoms with Gasteiger partial charge in [-0.15, -0.1) is 0 Å². The first-order valence-electron chi connectivity index (χ1n) is 4.98. The quantitative estimate of drug-likeness (QED) is 0.784. The van der Waals surface area contributed by atoms with Crippen LogP contribution in [0.25, 0.3) is 0 Å². The molecule has 0 bridgehead atoms. The Kier molecular flexibility index (Phi) is 6.18. The van der Waals surface area contributed by atoms with Gasteiger partial charge in [0.05, 0.1) is 0 Å². The van der Waals surface area contributed by atoms with Crippen molar-refractivity contribution in [3.8, 4) is 0 Å². The lowest BCUT2D eigenvalue weighted by atomic mass is 9.96. The van der Waals surface area contributed by atoms with Crippen LogP contribution in [0.3, 0.4) is 0 Å². The van der Waals surface area contributed by atoms with E-state index in [1.807, 2.05) is 0 Å². The zero-order chi connectivity index (χ0) is 11.8. The van der Waals surface area contributed by atoms with Crippen LogP contribution in [0.5, 0.6) is 0 Å². The topological polar surface area (TPSA) is 57.5 Å². The van der Waals surface area contributed by atoms with Gasteiger partial charge in [-0.2, -0.15) is 0 Å². The third kappa shape index (κ3) is 5.73. The molecule has 0 fully saturated rings. The minimum atomic E-state index is -1.83. The second-order valence-corrected chi connectivity index (χ2v) is 3.49. The van der Waals surface area contributed by atoms with Crippen molar-refractivity contribution >= 4 is 6.16 Å². The minimum Gasteiger partial charge on any atom is -0.450 e. The van der Waals surface area contributed by atoms with E-state index in [2.05, 4.69) is 45.0 Å². The fourth-order valence-electron chi connectivity index (χ4n) is 1.42. The Morgan fingerprint density at radius 2 is 1.73 bits per heavy atom. The van der Waals surface area contributed by atoms with Gasteiger partial charge in [-0.05, 0) is 23.5 Å². The molecule has 0 aliphatic carbocycles. The molecule has 0 spiro atoms. The second kappa shape index (κ2) is 6.87. The highest BCUT2D eigenvalue weighted by atomic mass is 16.6. The van der Waals surface area contributed by atoms with Gasteiger partial charge in [0.25, 0.3) is 0 Å². The first-order valence-corrected chi connectivity index (χ1v) is 4.98. The van der Waals surface area contributed by atoms with E-state index in [1.165, 1.54) is 11.1 Å². The highest BCUT2D eigenvalue weighted by Gasteiger charge is 2.02. The molecular formula is C12H18O3. The molecule has 3 nitrogen and oxygen atoms in total. The molecule has 0 radical (unpaired) electrons. The standard InChI is InChI=1S/C11H16.CH2O3/c1-4-10-7-5-6-8-11(10)9(2)3;2-1(3)4/h5-9H,4H2,1-3H3;(H2,2,3,4). The molecule has 0 heterocycles. The van der Waals surface area contributed by atoms with E-state index in [9.17, 15) is 0 Å². The number of benzene rings is 1. The van der Waals surface area contributed by atoms with E-state index in [-0.39, 0.29) is 0 Å². The van der Waals surface area contributed by atoms with Gasteiger partial charge in [-0.3, -0.25) is 0 Å². The van der Waals surface area contributed by atoms with E-state index >= 15 is 0 Å². The third-order valence-electron chi connectivity index (χ3n) is 2.06. The van der Waals surface area contributed by atoms with Crippen LogP contribution in [0.15, 0.2) is 24.3 Å². The summed E-state index contributed by atoms with van der Waals surface area (Å²) in [7, 11) is 0. The fraction of sp³-hybridized carbons (Fsp3) is 0.417. The molecule has 0 aliphatic rings. The van der Waals surface area contributed by atoms with Crippen LogP contribution in [-0.4, -0.2) is 16.4 Å². The Balaban J connectivity index is 0.000000423. The van der Waals surface area contributed by atoms with Gasteiger partial charge in [0, 0.05) is 0 Å². The molecule has 0 amide bonds. The molecule has 0 saturated heterocycles. The molecule has 2 N–H and O–H groups in total. The maximum Gasteiger partial charge on any atom is 0.503 e. The second-order valence-electron chi connectivity index (χ2n) is 3.49. The number of carbonyl (C=O) groups is 1. The van der Waals surface area contributed by atoms with Crippen molar-refractivity contribution in [2.24, 2.45) is 0 Å². The van der Waals surface area contributed by atoms with E-state index in [0.717, 1.165) is 6.42 Å². The summed E-state index contributed by atoms with van der Waals surface area (Å²) < 4.78 is 0. The highest BCUT2D eigenvalue weighted by Crippen LogP contribution is 2.18. The Hall–Kier alpha value is -1.51. The number of rotatable bonds is 2. The molecule has 0 aromatic heterocycles. The molecule has 0 atom stereocenters. The van der Waals surface area contributed by atoms with Crippen molar-refractivity contribution in [1.29, 1.82) is 0 Å². The molecule has 0 saturated carbocycles. The highest BCUT2D eigenvalue weighted by molar-refractivity contribution is 5.53. The van der Waals surface area contributed by atoms with Crippen LogP contribution < -0.4 is 0 Å². The van der Waals surface area contributed by atoms with Gasteiger partial charge in [0.2, 0.25) is 0 Å². The van der Waals surface area contributed by atoms with Crippen molar-refractivity contribution in [1.82, 2.24) is 0 Å². The van der Waals surface area contributed by atoms with Crippen molar-refractivity contribution in [3.05, 3.63) is 35.4 Å². The number of hydrogen-bond acceptors (Lipinski definition) is 1. The first kappa shape index (κ1) is 13.5. The summed E-state index contributed by atoms with van der Waals surface area (Å²) in [5.41, 5.74) is 2.98. The van der Waals surface area contributed by atoms with Crippen molar-refractivity contribution in [2.45, 2.75) is 33.1 Å². The SMILES string of the molecule is CCc1ccccc1C(C)C.O=C(O)O. The number of aryl methyl sites for hydroxylation is 1. The lowest BCUT2D eigenvalue weighted by Crippen LogP contribution is -1.93. The fourth-order valence-corrected chi connectivity index (χ4v) is 1.42. The average Bonchev–Trinajstić information content (AvgIpc) is 2.16. The Morgan fingerprint density at radius 3 is 2.07 bits per heavy atom. The summed E-state index contributed by atoms with van der Waals surface area (Å²) in [5, 5.41) is 13.9. The molecule has 1 rings (SSSR count). The lowest BCUT2D eigenvalue weighted by molar-refractivity contribution is 0.137. The van der Waals surface area contributed by atoms with Gasteiger partial charge < -0.3 is 10.2 Å². The van der Waals surface area contributed by atoms with Crippen LogP contribution in [0, 0.1) is 0 Å². The molecule has 0 aliphatic heterocycles. The van der Waals surface area contributed by atoms with Crippen molar-refractivity contribution < 1.29 is 15.0 Å². The van der Waals surface area contributed by atoms with Crippen LogP contribution in [-0.2, 0) is 6.42 Å². The third-order valence-corrected chi connectivity index (χ3v) is 2.06. The summed E-state index contributed by atoms with van der Waals surface area (Å²) in [6, 6.07) is 8.68. The maximum atomic E-state index is 8.56. The Labute approximate surface area is 90.4 Å². The molecule has 15 heavy (non-hydrogen) atoms. The molecule has 84 valence electrons. The first-order chi connectivity index (χ1) is 6.99. The number of carboxylic acid groups (broad SMARTS) is 2. The summed E-state index contributed by atoms with van der Waals surface area (Å²) in [6.07, 6.45) is -0.686. The molecular weight excluding hydrogens is 192 g/mol. The molecule has 3 heteroatoms. The van der Waals surface area contributed by atoms with Gasteiger partial charge >= 0.3 is 6.16 Å². The maximum absolute atomic E-state index is 8.56. The predicted octanol–water partition coefficient (Wildman–Crippen LogP) is 3.59. The smallest absolute Gasteiger partial charge is 0.450 e. The van der Waals surface area contributed by atoms with Gasteiger partial charge in [-0.25, -0.2) is 4.79 Å².